The van der Waals surface area contributed by atoms with Crippen molar-refractivity contribution in [2.24, 2.45) is 0 Å². The van der Waals surface area contributed by atoms with Crippen molar-refractivity contribution in [1.82, 2.24) is 14.1 Å². The van der Waals surface area contributed by atoms with Gasteiger partial charge in [0.15, 0.2) is 0 Å². The number of hydrogen-bond donors (Lipinski definition) is 0. The van der Waals surface area contributed by atoms with Crippen molar-refractivity contribution in [3.8, 4) is 22.8 Å². The molecule has 0 spiro atoms. The average Bonchev–Trinajstić information content (AvgIpc) is 3.61. The second kappa shape index (κ2) is 7.19. The van der Waals surface area contributed by atoms with Crippen LogP contribution in [0.25, 0.3) is 54.7 Å². The van der Waals surface area contributed by atoms with Crippen LogP contribution in [0, 0.1) is 0 Å². The molecule has 3 nitrogen and oxygen atoms in total. The molecule has 0 fully saturated rings. The van der Waals surface area contributed by atoms with Gasteiger partial charge in [0, 0.05) is 44.8 Å². The minimum atomic E-state index is 0.940. The minimum Gasteiger partial charge on any atom is -0.309 e. The molecule has 3 heterocycles. The van der Waals surface area contributed by atoms with Crippen LogP contribution in [0.3, 0.4) is 0 Å². The predicted octanol–water partition coefficient (Wildman–Crippen LogP) is 7.85. The lowest BCUT2D eigenvalue weighted by atomic mass is 10.1. The standard InChI is InChI=1S/C29H19N3S/c1-2-6-22(7-3-1)31-18-17-30-29(31)21-10-13-23(14-11-21)32-25-9-5-4-8-24(25)27-26(32)15-12-20-16-19-33-28(20)27/h1-19H. The fourth-order valence-electron chi connectivity index (χ4n) is 4.83. The van der Waals surface area contributed by atoms with Gasteiger partial charge in [0.1, 0.15) is 5.82 Å². The molecule has 0 N–H and O–H groups in total. The van der Waals surface area contributed by atoms with E-state index in [0.29, 0.717) is 0 Å². The van der Waals surface area contributed by atoms with Crippen LogP contribution in [0.1, 0.15) is 0 Å². The first-order valence-corrected chi connectivity index (χ1v) is 11.9. The second-order valence-corrected chi connectivity index (χ2v) is 9.07. The maximum Gasteiger partial charge on any atom is 0.144 e. The van der Waals surface area contributed by atoms with E-state index in [4.69, 9.17) is 0 Å². The minimum absolute atomic E-state index is 0.940. The molecule has 33 heavy (non-hydrogen) atoms. The van der Waals surface area contributed by atoms with E-state index in [1.807, 2.05) is 29.8 Å². The Bertz CT molecular complexity index is 1750. The third-order valence-corrected chi connectivity index (χ3v) is 7.26. The predicted molar refractivity (Wildman–Crippen MR) is 139 cm³/mol. The van der Waals surface area contributed by atoms with Gasteiger partial charge in [-0.05, 0) is 65.4 Å². The number of thiophene rings is 1. The molecule has 156 valence electrons. The number of fused-ring (bicyclic) bond motifs is 5. The summed E-state index contributed by atoms with van der Waals surface area (Å²) in [6, 6.07) is 34.4. The highest BCUT2D eigenvalue weighted by molar-refractivity contribution is 7.18. The Hall–Kier alpha value is -4.15. The Balaban J connectivity index is 1.41. The van der Waals surface area contributed by atoms with Gasteiger partial charge in [0.25, 0.3) is 0 Å². The van der Waals surface area contributed by atoms with Gasteiger partial charge in [-0.2, -0.15) is 0 Å². The lowest BCUT2D eigenvalue weighted by Gasteiger charge is -2.11. The lowest BCUT2D eigenvalue weighted by molar-refractivity contribution is 1.07. The topological polar surface area (TPSA) is 22.8 Å². The van der Waals surface area contributed by atoms with Crippen molar-refractivity contribution in [3.05, 3.63) is 115 Å². The molecule has 4 aromatic carbocycles. The zero-order valence-electron chi connectivity index (χ0n) is 17.7. The normalized spacial score (nSPS) is 11.6. The van der Waals surface area contributed by atoms with Crippen molar-refractivity contribution < 1.29 is 0 Å². The number of imidazole rings is 1. The second-order valence-electron chi connectivity index (χ2n) is 8.15. The van der Waals surface area contributed by atoms with E-state index < -0.39 is 0 Å². The Morgan fingerprint density at radius 1 is 0.667 bits per heavy atom. The highest BCUT2D eigenvalue weighted by Crippen LogP contribution is 2.39. The third kappa shape index (κ3) is 2.78. The van der Waals surface area contributed by atoms with Gasteiger partial charge >= 0.3 is 0 Å². The molecule has 0 aliphatic heterocycles. The highest BCUT2D eigenvalue weighted by Gasteiger charge is 2.15. The number of rotatable bonds is 3. The van der Waals surface area contributed by atoms with Crippen LogP contribution in [-0.2, 0) is 0 Å². The molecular weight excluding hydrogens is 422 g/mol. The Labute approximate surface area is 194 Å². The molecule has 0 amide bonds. The number of hydrogen-bond acceptors (Lipinski definition) is 2. The Kier molecular flexibility index (Phi) is 4.01. The number of aromatic nitrogens is 3. The van der Waals surface area contributed by atoms with Crippen molar-refractivity contribution in [2.75, 3.05) is 0 Å². The van der Waals surface area contributed by atoms with Gasteiger partial charge in [0.2, 0.25) is 0 Å². The number of nitrogens with zero attached hydrogens (tertiary/aromatic N) is 3. The van der Waals surface area contributed by atoms with Crippen molar-refractivity contribution in [2.45, 2.75) is 0 Å². The van der Waals surface area contributed by atoms with Gasteiger partial charge in [-0.15, -0.1) is 11.3 Å². The fourth-order valence-corrected chi connectivity index (χ4v) is 5.79. The first-order chi connectivity index (χ1) is 16.4. The summed E-state index contributed by atoms with van der Waals surface area (Å²) in [5.41, 5.74) is 5.82. The van der Waals surface area contributed by atoms with Crippen molar-refractivity contribution in [1.29, 1.82) is 0 Å². The van der Waals surface area contributed by atoms with Crippen LogP contribution in [0.15, 0.2) is 115 Å². The maximum atomic E-state index is 4.64. The zero-order chi connectivity index (χ0) is 21.8. The Morgan fingerprint density at radius 3 is 2.36 bits per heavy atom. The summed E-state index contributed by atoms with van der Waals surface area (Å²) >= 11 is 1.82. The SMILES string of the molecule is c1ccc(-n2ccnc2-c2ccc(-n3c4ccccc4c4c5sccc5ccc43)cc2)cc1. The van der Waals surface area contributed by atoms with E-state index in [9.17, 15) is 0 Å². The lowest BCUT2D eigenvalue weighted by Crippen LogP contribution is -1.97. The summed E-state index contributed by atoms with van der Waals surface area (Å²) in [6.45, 7) is 0. The molecule has 0 unspecified atom stereocenters. The number of para-hydroxylation sites is 2. The van der Waals surface area contributed by atoms with Crippen LogP contribution >= 0.6 is 11.3 Å². The van der Waals surface area contributed by atoms with E-state index in [-0.39, 0.29) is 0 Å². The van der Waals surface area contributed by atoms with Gasteiger partial charge in [-0.3, -0.25) is 4.57 Å². The molecule has 4 heteroatoms. The molecule has 7 aromatic rings. The summed E-state index contributed by atoms with van der Waals surface area (Å²) in [4.78, 5) is 4.64. The van der Waals surface area contributed by atoms with E-state index in [2.05, 4.69) is 110 Å². The zero-order valence-corrected chi connectivity index (χ0v) is 18.5. The van der Waals surface area contributed by atoms with Crippen molar-refractivity contribution in [3.63, 3.8) is 0 Å². The quantitative estimate of drug-likeness (QED) is 0.274. The first kappa shape index (κ1) is 18.4. The summed E-state index contributed by atoms with van der Waals surface area (Å²) in [5, 5.41) is 6.12. The monoisotopic (exact) mass is 441 g/mol. The van der Waals surface area contributed by atoms with Crippen LogP contribution < -0.4 is 0 Å². The largest absolute Gasteiger partial charge is 0.309 e. The fraction of sp³-hybridized carbons (Fsp3) is 0. The molecule has 0 atom stereocenters. The summed E-state index contributed by atoms with van der Waals surface area (Å²) < 4.78 is 5.85. The van der Waals surface area contributed by atoms with E-state index in [1.54, 1.807) is 0 Å². The molecule has 7 rings (SSSR count). The van der Waals surface area contributed by atoms with Crippen LogP contribution in [0.2, 0.25) is 0 Å². The third-order valence-electron chi connectivity index (χ3n) is 6.31. The molecule has 0 aliphatic carbocycles. The average molecular weight is 442 g/mol. The highest BCUT2D eigenvalue weighted by atomic mass is 32.1. The van der Waals surface area contributed by atoms with E-state index >= 15 is 0 Å². The molecule has 3 aromatic heterocycles. The first-order valence-electron chi connectivity index (χ1n) is 11.0. The molecule has 0 saturated heterocycles. The van der Waals surface area contributed by atoms with Gasteiger partial charge in [-0.1, -0.05) is 42.5 Å². The van der Waals surface area contributed by atoms with Crippen LogP contribution in [0.4, 0.5) is 0 Å². The molecule has 0 radical (unpaired) electrons. The molecule has 0 aliphatic rings. The van der Waals surface area contributed by atoms with Crippen LogP contribution in [0.5, 0.6) is 0 Å². The van der Waals surface area contributed by atoms with Gasteiger partial charge in [-0.25, -0.2) is 4.98 Å². The summed E-state index contributed by atoms with van der Waals surface area (Å²) in [7, 11) is 0. The van der Waals surface area contributed by atoms with E-state index in [1.165, 1.54) is 31.9 Å². The van der Waals surface area contributed by atoms with Crippen LogP contribution in [-0.4, -0.2) is 14.1 Å². The summed E-state index contributed by atoms with van der Waals surface area (Å²) in [5.74, 6) is 0.940. The van der Waals surface area contributed by atoms with Crippen molar-refractivity contribution >= 4 is 43.2 Å². The molecule has 0 bridgehead atoms. The van der Waals surface area contributed by atoms with Gasteiger partial charge < -0.3 is 4.57 Å². The molecular formula is C29H19N3S. The maximum absolute atomic E-state index is 4.64. The number of benzene rings is 4. The smallest absolute Gasteiger partial charge is 0.144 e. The summed E-state index contributed by atoms with van der Waals surface area (Å²) in [6.07, 6.45) is 3.87. The van der Waals surface area contributed by atoms with E-state index in [0.717, 1.165) is 22.8 Å². The molecule has 0 saturated carbocycles. The Morgan fingerprint density at radius 2 is 1.48 bits per heavy atom. The van der Waals surface area contributed by atoms with Gasteiger partial charge in [0.05, 0.1) is 11.0 Å².